The first-order chi connectivity index (χ1) is 10.8. The van der Waals surface area contributed by atoms with Gasteiger partial charge in [-0.25, -0.2) is 13.6 Å². The smallest absolute Gasteiger partial charge is 0.293 e. The monoisotopic (exact) mass is 342 g/mol. The maximum absolute atomic E-state index is 11.3. The Morgan fingerprint density at radius 3 is 2.78 bits per heavy atom. The van der Waals surface area contributed by atoms with E-state index in [1.54, 1.807) is 0 Å². The zero-order chi connectivity index (χ0) is 17.0. The molecule has 1 aliphatic rings. The topological polar surface area (TPSA) is 119 Å². The van der Waals surface area contributed by atoms with Crippen LogP contribution < -0.4 is 10.5 Å². The van der Waals surface area contributed by atoms with Crippen LogP contribution in [0.3, 0.4) is 0 Å². The van der Waals surface area contributed by atoms with E-state index in [1.807, 2.05) is 0 Å². The van der Waals surface area contributed by atoms with Crippen LogP contribution in [0.2, 0.25) is 0 Å². The fraction of sp³-hybridized carbons (Fsp3) is 0.571. The first-order valence-corrected chi connectivity index (χ1v) is 9.13. The summed E-state index contributed by atoms with van der Waals surface area (Å²) in [6, 6.07) is 4.16. The van der Waals surface area contributed by atoms with E-state index in [0.717, 1.165) is 19.2 Å². The number of sulfonamides is 1. The fourth-order valence-electron chi connectivity index (χ4n) is 2.81. The molecule has 8 nitrogen and oxygen atoms in total. The highest BCUT2D eigenvalue weighted by Crippen LogP contribution is 2.27. The van der Waals surface area contributed by atoms with Crippen LogP contribution in [0.4, 0.5) is 11.4 Å². The highest BCUT2D eigenvalue weighted by molar-refractivity contribution is 7.89. The van der Waals surface area contributed by atoms with Crippen LogP contribution >= 0.6 is 0 Å². The SMILES string of the molecule is CC1CCCCN1CCNc1ccc(S(N)(=O)=O)cc1[N+](=O)[O-]. The summed E-state index contributed by atoms with van der Waals surface area (Å²) in [5, 5.41) is 19.2. The van der Waals surface area contributed by atoms with Crippen molar-refractivity contribution < 1.29 is 13.3 Å². The van der Waals surface area contributed by atoms with Crippen molar-refractivity contribution in [3.05, 3.63) is 28.3 Å². The summed E-state index contributed by atoms with van der Waals surface area (Å²) in [5.74, 6) is 0. The van der Waals surface area contributed by atoms with E-state index in [9.17, 15) is 18.5 Å². The van der Waals surface area contributed by atoms with Gasteiger partial charge in [0.15, 0.2) is 0 Å². The van der Waals surface area contributed by atoms with E-state index in [0.29, 0.717) is 18.3 Å². The number of benzene rings is 1. The van der Waals surface area contributed by atoms with Crippen molar-refractivity contribution >= 4 is 21.4 Å². The number of nitrogens with two attached hydrogens (primary N) is 1. The second kappa shape index (κ2) is 7.24. The van der Waals surface area contributed by atoms with E-state index < -0.39 is 14.9 Å². The molecule has 1 aliphatic heterocycles. The number of primary sulfonamides is 1. The summed E-state index contributed by atoms with van der Waals surface area (Å²) >= 11 is 0. The average Bonchev–Trinajstić information content (AvgIpc) is 2.48. The normalized spacial score (nSPS) is 19.5. The standard InChI is InChI=1S/C14H22N4O4S/c1-11-4-2-3-8-17(11)9-7-16-13-6-5-12(23(15,21)22)10-14(13)18(19)20/h5-6,10-11,16H,2-4,7-9H2,1H3,(H2,15,21,22). The number of hydrogen-bond donors (Lipinski definition) is 2. The van der Waals surface area contributed by atoms with Crippen molar-refractivity contribution in [2.24, 2.45) is 5.14 Å². The van der Waals surface area contributed by atoms with Crippen LogP contribution in [0.1, 0.15) is 26.2 Å². The minimum Gasteiger partial charge on any atom is -0.378 e. The zero-order valence-electron chi connectivity index (χ0n) is 13.1. The third kappa shape index (κ3) is 4.63. The number of anilines is 1. The van der Waals surface area contributed by atoms with Crippen LogP contribution in [0.25, 0.3) is 0 Å². The fourth-order valence-corrected chi connectivity index (χ4v) is 3.35. The van der Waals surface area contributed by atoms with Gasteiger partial charge in [-0.3, -0.25) is 15.0 Å². The van der Waals surface area contributed by atoms with Gasteiger partial charge in [0.25, 0.3) is 5.69 Å². The van der Waals surface area contributed by atoms with Crippen molar-refractivity contribution in [3.63, 3.8) is 0 Å². The third-order valence-electron chi connectivity index (χ3n) is 4.15. The summed E-state index contributed by atoms with van der Waals surface area (Å²) in [5.41, 5.74) is 0.00952. The highest BCUT2D eigenvalue weighted by atomic mass is 32.2. The first-order valence-electron chi connectivity index (χ1n) is 7.58. The number of rotatable bonds is 6. The van der Waals surface area contributed by atoms with Gasteiger partial charge >= 0.3 is 0 Å². The minimum atomic E-state index is -3.96. The van der Waals surface area contributed by atoms with Crippen molar-refractivity contribution in [3.8, 4) is 0 Å². The predicted molar refractivity (Wildman–Crippen MR) is 87.8 cm³/mol. The molecule has 0 bridgehead atoms. The van der Waals surface area contributed by atoms with Crippen LogP contribution in [-0.2, 0) is 10.0 Å². The number of nitro benzene ring substituents is 1. The van der Waals surface area contributed by atoms with Gasteiger partial charge in [0.2, 0.25) is 10.0 Å². The average molecular weight is 342 g/mol. The van der Waals surface area contributed by atoms with Gasteiger partial charge < -0.3 is 5.32 Å². The lowest BCUT2D eigenvalue weighted by Gasteiger charge is -2.33. The lowest BCUT2D eigenvalue weighted by Crippen LogP contribution is -2.40. The Hall–Kier alpha value is -1.71. The minimum absolute atomic E-state index is 0.264. The molecule has 1 heterocycles. The Kier molecular flexibility index (Phi) is 5.55. The summed E-state index contributed by atoms with van der Waals surface area (Å²) in [6.45, 7) is 4.56. The Labute approximate surface area is 135 Å². The summed E-state index contributed by atoms with van der Waals surface area (Å²) in [4.78, 5) is 12.6. The Balaban J connectivity index is 2.06. The van der Waals surface area contributed by atoms with E-state index in [1.165, 1.54) is 31.4 Å². The number of nitrogens with zero attached hydrogens (tertiary/aromatic N) is 2. The number of hydrogen-bond acceptors (Lipinski definition) is 6. The molecule has 0 saturated carbocycles. The van der Waals surface area contributed by atoms with Gasteiger partial charge in [0, 0.05) is 25.2 Å². The van der Waals surface area contributed by atoms with E-state index in [4.69, 9.17) is 5.14 Å². The van der Waals surface area contributed by atoms with Crippen LogP contribution in [-0.4, -0.2) is 43.9 Å². The Bertz CT molecular complexity index is 677. The van der Waals surface area contributed by atoms with Gasteiger partial charge in [0.1, 0.15) is 5.69 Å². The molecule has 0 radical (unpaired) electrons. The van der Waals surface area contributed by atoms with Crippen LogP contribution in [0, 0.1) is 10.1 Å². The first kappa shape index (κ1) is 17.6. The number of likely N-dealkylation sites (tertiary alicyclic amines) is 1. The van der Waals surface area contributed by atoms with Gasteiger partial charge in [-0.05, 0) is 38.4 Å². The number of piperidine rings is 1. The van der Waals surface area contributed by atoms with Crippen molar-refractivity contribution in [2.75, 3.05) is 25.0 Å². The van der Waals surface area contributed by atoms with Gasteiger partial charge in [-0.15, -0.1) is 0 Å². The van der Waals surface area contributed by atoms with Gasteiger partial charge in [-0.1, -0.05) is 6.42 Å². The molecule has 1 atom stereocenters. The van der Waals surface area contributed by atoms with Crippen molar-refractivity contribution in [1.82, 2.24) is 4.90 Å². The van der Waals surface area contributed by atoms with Crippen molar-refractivity contribution in [1.29, 1.82) is 0 Å². The Morgan fingerprint density at radius 1 is 1.43 bits per heavy atom. The number of nitro groups is 1. The van der Waals surface area contributed by atoms with E-state index >= 15 is 0 Å². The van der Waals surface area contributed by atoms with E-state index in [2.05, 4.69) is 17.1 Å². The maximum Gasteiger partial charge on any atom is 0.293 e. The molecule has 0 aromatic heterocycles. The van der Waals surface area contributed by atoms with Gasteiger partial charge in [-0.2, -0.15) is 0 Å². The molecule has 0 amide bonds. The van der Waals surface area contributed by atoms with Crippen LogP contribution in [0.5, 0.6) is 0 Å². The third-order valence-corrected chi connectivity index (χ3v) is 5.06. The maximum atomic E-state index is 11.3. The molecule has 1 saturated heterocycles. The zero-order valence-corrected chi connectivity index (χ0v) is 13.9. The molecular formula is C14H22N4O4S. The van der Waals surface area contributed by atoms with E-state index in [-0.39, 0.29) is 10.6 Å². The molecule has 1 unspecified atom stereocenters. The molecule has 128 valence electrons. The summed E-state index contributed by atoms with van der Waals surface area (Å²) in [7, 11) is -3.96. The highest BCUT2D eigenvalue weighted by Gasteiger charge is 2.20. The van der Waals surface area contributed by atoms with Gasteiger partial charge in [0.05, 0.1) is 9.82 Å². The molecule has 23 heavy (non-hydrogen) atoms. The Morgan fingerprint density at radius 2 is 2.17 bits per heavy atom. The largest absolute Gasteiger partial charge is 0.378 e. The predicted octanol–water partition coefficient (Wildman–Crippen LogP) is 1.53. The molecule has 0 aliphatic carbocycles. The lowest BCUT2D eigenvalue weighted by molar-refractivity contribution is -0.384. The second-order valence-electron chi connectivity index (χ2n) is 5.79. The number of nitrogens with one attached hydrogen (secondary N) is 1. The summed E-state index contributed by atoms with van der Waals surface area (Å²) in [6.07, 6.45) is 3.59. The molecule has 1 aromatic carbocycles. The molecule has 9 heteroatoms. The molecular weight excluding hydrogens is 320 g/mol. The lowest BCUT2D eigenvalue weighted by atomic mass is 10.0. The molecule has 1 aromatic rings. The second-order valence-corrected chi connectivity index (χ2v) is 7.35. The molecule has 3 N–H and O–H groups in total. The molecule has 1 fully saturated rings. The molecule has 2 rings (SSSR count). The summed E-state index contributed by atoms with van der Waals surface area (Å²) < 4.78 is 22.6. The molecule has 0 spiro atoms. The quantitative estimate of drug-likeness (QED) is 0.598. The van der Waals surface area contributed by atoms with Crippen LogP contribution in [0.15, 0.2) is 23.1 Å². The van der Waals surface area contributed by atoms with Crippen molar-refractivity contribution in [2.45, 2.75) is 37.1 Å².